The van der Waals surface area contributed by atoms with Crippen molar-refractivity contribution < 1.29 is 13.2 Å². The van der Waals surface area contributed by atoms with Gasteiger partial charge in [-0.15, -0.1) is 0 Å². The number of nitriles is 1. The zero-order valence-corrected chi connectivity index (χ0v) is 12.4. The standard InChI is InChI=1S/C11H3BrCl2F3N3/c12-10-5(3-18)4-19-20(10)9-7(13)1-6(2-8(9)14)11(15,16)17/h1-2,4H. The van der Waals surface area contributed by atoms with Crippen molar-refractivity contribution in [2.75, 3.05) is 0 Å². The van der Waals surface area contributed by atoms with Crippen LogP contribution in [0.4, 0.5) is 13.2 Å². The molecule has 0 spiro atoms. The Morgan fingerprint density at radius 1 is 1.25 bits per heavy atom. The van der Waals surface area contributed by atoms with E-state index in [1.807, 2.05) is 6.07 Å². The first-order valence-corrected chi connectivity index (χ1v) is 6.51. The minimum Gasteiger partial charge on any atom is -0.222 e. The van der Waals surface area contributed by atoms with Gasteiger partial charge in [0, 0.05) is 0 Å². The summed E-state index contributed by atoms with van der Waals surface area (Å²) in [5.41, 5.74) is -0.688. The molecule has 0 aliphatic heterocycles. The van der Waals surface area contributed by atoms with Crippen molar-refractivity contribution >= 4 is 39.1 Å². The molecule has 104 valence electrons. The molecule has 9 heteroatoms. The van der Waals surface area contributed by atoms with Gasteiger partial charge >= 0.3 is 6.18 Å². The van der Waals surface area contributed by atoms with Gasteiger partial charge in [0.2, 0.25) is 0 Å². The van der Waals surface area contributed by atoms with E-state index in [9.17, 15) is 13.2 Å². The van der Waals surface area contributed by atoms with E-state index >= 15 is 0 Å². The second kappa shape index (κ2) is 5.28. The normalized spacial score (nSPS) is 11.4. The summed E-state index contributed by atoms with van der Waals surface area (Å²) in [5.74, 6) is 0. The van der Waals surface area contributed by atoms with Gasteiger partial charge in [-0.05, 0) is 28.1 Å². The molecule has 0 amide bonds. The molecule has 1 heterocycles. The molecule has 0 saturated heterocycles. The molecule has 0 fully saturated rings. The Labute approximate surface area is 129 Å². The fourth-order valence-corrected chi connectivity index (χ4v) is 2.60. The van der Waals surface area contributed by atoms with Crippen LogP contribution in [0.15, 0.2) is 22.9 Å². The van der Waals surface area contributed by atoms with Crippen LogP contribution in [0, 0.1) is 11.3 Å². The van der Waals surface area contributed by atoms with Gasteiger partial charge in [-0.25, -0.2) is 4.68 Å². The van der Waals surface area contributed by atoms with Crippen LogP contribution in [-0.2, 0) is 6.18 Å². The molecule has 0 N–H and O–H groups in total. The van der Waals surface area contributed by atoms with Gasteiger partial charge in [0.05, 0.1) is 21.8 Å². The number of nitrogens with zero attached hydrogens (tertiary/aromatic N) is 3. The Hall–Kier alpha value is -1.23. The van der Waals surface area contributed by atoms with E-state index in [1.165, 1.54) is 6.20 Å². The molecule has 1 aromatic carbocycles. The van der Waals surface area contributed by atoms with Gasteiger partial charge in [-0.2, -0.15) is 23.5 Å². The van der Waals surface area contributed by atoms with Crippen molar-refractivity contribution in [1.82, 2.24) is 9.78 Å². The van der Waals surface area contributed by atoms with E-state index in [2.05, 4.69) is 21.0 Å². The minimum absolute atomic E-state index is 0.0645. The molecular formula is C11H3BrCl2F3N3. The van der Waals surface area contributed by atoms with Gasteiger partial charge in [-0.3, -0.25) is 0 Å². The van der Waals surface area contributed by atoms with Crippen LogP contribution < -0.4 is 0 Å². The summed E-state index contributed by atoms with van der Waals surface area (Å²) in [6.45, 7) is 0. The maximum Gasteiger partial charge on any atom is 0.416 e. The maximum absolute atomic E-state index is 12.6. The largest absolute Gasteiger partial charge is 0.416 e. The molecule has 2 rings (SSSR count). The first-order valence-electron chi connectivity index (χ1n) is 4.96. The number of alkyl halides is 3. The van der Waals surface area contributed by atoms with Crippen molar-refractivity contribution in [3.8, 4) is 11.8 Å². The SMILES string of the molecule is N#Cc1cnn(-c2c(Cl)cc(C(F)(F)F)cc2Cl)c1Br. The summed E-state index contributed by atoms with van der Waals surface area (Å²) in [4.78, 5) is 0. The van der Waals surface area contributed by atoms with Crippen LogP contribution in [0.5, 0.6) is 0 Å². The zero-order valence-electron chi connectivity index (χ0n) is 9.34. The second-order valence-electron chi connectivity index (χ2n) is 3.66. The fraction of sp³-hybridized carbons (Fsp3) is 0.0909. The van der Waals surface area contributed by atoms with Crippen molar-refractivity contribution in [2.24, 2.45) is 0 Å². The predicted molar refractivity (Wildman–Crippen MR) is 71.0 cm³/mol. The van der Waals surface area contributed by atoms with Crippen LogP contribution in [-0.4, -0.2) is 9.78 Å². The first-order chi connectivity index (χ1) is 9.25. The average molecular weight is 385 g/mol. The number of rotatable bonds is 1. The molecule has 0 bridgehead atoms. The van der Waals surface area contributed by atoms with Crippen LogP contribution in [0.25, 0.3) is 5.69 Å². The molecular weight excluding hydrogens is 382 g/mol. The number of aromatic nitrogens is 2. The van der Waals surface area contributed by atoms with Crippen LogP contribution in [0.1, 0.15) is 11.1 Å². The average Bonchev–Trinajstić information content (AvgIpc) is 2.69. The summed E-state index contributed by atoms with van der Waals surface area (Å²) < 4.78 is 39.3. The van der Waals surface area contributed by atoms with Gasteiger partial charge in [0.15, 0.2) is 0 Å². The topological polar surface area (TPSA) is 41.6 Å². The summed E-state index contributed by atoms with van der Waals surface area (Å²) >= 11 is 14.8. The molecule has 1 aromatic heterocycles. The van der Waals surface area contributed by atoms with E-state index in [0.29, 0.717) is 0 Å². The van der Waals surface area contributed by atoms with Crippen molar-refractivity contribution in [3.63, 3.8) is 0 Å². The lowest BCUT2D eigenvalue weighted by molar-refractivity contribution is -0.137. The number of hydrogen-bond donors (Lipinski definition) is 0. The van der Waals surface area contributed by atoms with E-state index in [0.717, 1.165) is 16.8 Å². The zero-order chi connectivity index (χ0) is 15.1. The molecule has 0 unspecified atom stereocenters. The van der Waals surface area contributed by atoms with E-state index < -0.39 is 11.7 Å². The third-order valence-corrected chi connectivity index (χ3v) is 3.73. The molecule has 3 nitrogen and oxygen atoms in total. The predicted octanol–water partition coefficient (Wildman–Crippen LogP) is 4.83. The molecule has 2 aromatic rings. The Bertz CT molecular complexity index is 696. The summed E-state index contributed by atoms with van der Waals surface area (Å²) in [7, 11) is 0. The highest BCUT2D eigenvalue weighted by atomic mass is 79.9. The van der Waals surface area contributed by atoms with Crippen molar-refractivity contribution in [1.29, 1.82) is 5.26 Å². The lowest BCUT2D eigenvalue weighted by Gasteiger charge is -2.12. The van der Waals surface area contributed by atoms with E-state index in [4.69, 9.17) is 28.5 Å². The summed E-state index contributed by atoms with van der Waals surface area (Å²) in [5, 5.41) is 12.2. The molecule has 0 radical (unpaired) electrons. The highest BCUT2D eigenvalue weighted by molar-refractivity contribution is 9.10. The van der Waals surface area contributed by atoms with Crippen LogP contribution in [0.3, 0.4) is 0 Å². The van der Waals surface area contributed by atoms with E-state index in [-0.39, 0.29) is 25.9 Å². The van der Waals surface area contributed by atoms with Crippen LogP contribution >= 0.6 is 39.1 Å². The lowest BCUT2D eigenvalue weighted by Crippen LogP contribution is -2.07. The number of hydrogen-bond acceptors (Lipinski definition) is 2. The van der Waals surface area contributed by atoms with Crippen LogP contribution in [0.2, 0.25) is 10.0 Å². The Kier molecular flexibility index (Phi) is 4.00. The Morgan fingerprint density at radius 2 is 1.80 bits per heavy atom. The maximum atomic E-state index is 12.6. The summed E-state index contributed by atoms with van der Waals surface area (Å²) in [6.07, 6.45) is -3.31. The fourth-order valence-electron chi connectivity index (χ4n) is 1.50. The van der Waals surface area contributed by atoms with Crippen molar-refractivity contribution in [2.45, 2.75) is 6.18 Å². The molecule has 0 atom stereocenters. The Balaban J connectivity index is 2.65. The van der Waals surface area contributed by atoms with Gasteiger partial charge < -0.3 is 0 Å². The smallest absolute Gasteiger partial charge is 0.222 e. The third-order valence-electron chi connectivity index (χ3n) is 2.39. The molecule has 20 heavy (non-hydrogen) atoms. The second-order valence-corrected chi connectivity index (χ2v) is 5.22. The Morgan fingerprint density at radius 3 is 2.20 bits per heavy atom. The molecule has 0 aliphatic rings. The highest BCUT2D eigenvalue weighted by Crippen LogP contribution is 2.38. The van der Waals surface area contributed by atoms with Gasteiger partial charge in [0.1, 0.15) is 21.9 Å². The van der Waals surface area contributed by atoms with E-state index in [1.54, 1.807) is 0 Å². The summed E-state index contributed by atoms with van der Waals surface area (Å²) in [6, 6.07) is 3.37. The first kappa shape index (κ1) is 15.2. The third kappa shape index (κ3) is 2.64. The number of benzene rings is 1. The monoisotopic (exact) mass is 383 g/mol. The van der Waals surface area contributed by atoms with Gasteiger partial charge in [-0.1, -0.05) is 23.2 Å². The minimum atomic E-state index is -4.55. The lowest BCUT2D eigenvalue weighted by atomic mass is 10.2. The quantitative estimate of drug-likeness (QED) is 0.706. The highest BCUT2D eigenvalue weighted by Gasteiger charge is 2.32. The number of halogens is 6. The van der Waals surface area contributed by atoms with Crippen molar-refractivity contribution in [3.05, 3.63) is 44.1 Å². The molecule has 0 aliphatic carbocycles. The van der Waals surface area contributed by atoms with Gasteiger partial charge in [0.25, 0.3) is 0 Å². The molecule has 0 saturated carbocycles.